The van der Waals surface area contributed by atoms with Gasteiger partial charge in [-0.2, -0.15) is 0 Å². The lowest BCUT2D eigenvalue weighted by atomic mass is 9.86. The number of aliphatic carboxylic acids is 2. The second-order valence-corrected chi connectivity index (χ2v) is 7.47. The molecule has 0 aromatic heterocycles. The zero-order chi connectivity index (χ0) is 19.8. The Hall–Kier alpha value is -1.99. The van der Waals surface area contributed by atoms with Gasteiger partial charge in [-0.25, -0.2) is 14.0 Å². The molecule has 1 saturated heterocycles. The average molecular weight is 380 g/mol. The summed E-state index contributed by atoms with van der Waals surface area (Å²) < 4.78 is 13.2. The molecule has 2 fully saturated rings. The first-order valence-electron chi connectivity index (χ1n) is 9.52. The number of carbonyl (C=O) groups is 2. The minimum Gasteiger partial charge on any atom is -0.473 e. The fourth-order valence-electron chi connectivity index (χ4n) is 3.79. The molecule has 1 heterocycles. The first-order chi connectivity index (χ1) is 12.8. The van der Waals surface area contributed by atoms with Crippen molar-refractivity contribution in [3.63, 3.8) is 0 Å². The molecule has 27 heavy (non-hydrogen) atoms. The van der Waals surface area contributed by atoms with Gasteiger partial charge in [0.25, 0.3) is 0 Å². The van der Waals surface area contributed by atoms with E-state index in [4.69, 9.17) is 19.8 Å². The molecule has 2 aliphatic rings. The van der Waals surface area contributed by atoms with E-state index in [0.29, 0.717) is 0 Å². The highest BCUT2D eigenvalue weighted by Gasteiger charge is 2.26. The van der Waals surface area contributed by atoms with E-state index >= 15 is 0 Å². The third-order valence-electron chi connectivity index (χ3n) is 5.39. The summed E-state index contributed by atoms with van der Waals surface area (Å²) in [6.07, 6.45) is 5.55. The number of carboxylic acid groups (broad SMARTS) is 2. The minimum absolute atomic E-state index is 0.123. The maximum Gasteiger partial charge on any atom is 0.414 e. The van der Waals surface area contributed by atoms with Crippen LogP contribution in [0.15, 0.2) is 24.3 Å². The highest BCUT2D eigenvalue weighted by molar-refractivity contribution is 6.27. The number of carboxylic acids is 2. The molecular weight excluding hydrogens is 351 g/mol. The highest BCUT2D eigenvalue weighted by Crippen LogP contribution is 2.27. The molecule has 0 atom stereocenters. The van der Waals surface area contributed by atoms with Crippen molar-refractivity contribution in [2.75, 3.05) is 26.2 Å². The number of hydrogen-bond donors (Lipinski definition) is 2. The largest absolute Gasteiger partial charge is 0.473 e. The monoisotopic (exact) mass is 380 g/mol. The molecule has 1 aliphatic heterocycles. The fraction of sp³-hybridized carbons (Fsp3) is 0.600. The van der Waals surface area contributed by atoms with Gasteiger partial charge in [0, 0.05) is 38.8 Å². The molecule has 1 aliphatic carbocycles. The smallest absolute Gasteiger partial charge is 0.414 e. The van der Waals surface area contributed by atoms with Crippen LogP contribution >= 0.6 is 0 Å². The van der Waals surface area contributed by atoms with Gasteiger partial charge in [-0.15, -0.1) is 0 Å². The molecule has 150 valence electrons. The van der Waals surface area contributed by atoms with Crippen molar-refractivity contribution in [2.45, 2.75) is 45.2 Å². The lowest BCUT2D eigenvalue weighted by Gasteiger charge is -2.41. The second kappa shape index (κ2) is 10.4. The summed E-state index contributed by atoms with van der Waals surface area (Å²) in [6.45, 7) is 7.84. The van der Waals surface area contributed by atoms with Gasteiger partial charge in [-0.3, -0.25) is 9.80 Å². The van der Waals surface area contributed by atoms with E-state index in [0.717, 1.165) is 37.2 Å². The lowest BCUT2D eigenvalue weighted by molar-refractivity contribution is -0.159. The summed E-state index contributed by atoms with van der Waals surface area (Å²) in [7, 11) is 0. The van der Waals surface area contributed by atoms with Crippen molar-refractivity contribution in [3.05, 3.63) is 35.6 Å². The lowest BCUT2D eigenvalue weighted by Crippen LogP contribution is -2.50. The van der Waals surface area contributed by atoms with Crippen LogP contribution in [0.5, 0.6) is 0 Å². The molecule has 1 aromatic rings. The van der Waals surface area contributed by atoms with E-state index < -0.39 is 11.9 Å². The Morgan fingerprint density at radius 2 is 1.63 bits per heavy atom. The molecule has 0 bridgehead atoms. The van der Waals surface area contributed by atoms with E-state index in [2.05, 4.69) is 16.7 Å². The summed E-state index contributed by atoms with van der Waals surface area (Å²) in [6, 6.07) is 7.83. The first kappa shape index (κ1) is 21.3. The first-order valence-corrected chi connectivity index (χ1v) is 9.52. The standard InChI is InChI=1S/C18H27FN2.C2H2O4/c1-15-5-7-18(8-6-15)21-11-9-20(10-12-21)14-16-3-2-4-17(19)13-16;3-1(4)2(5)6/h2-4,13,15,18H,5-12,14H2,1H3;(H,3,4)(H,5,6). The summed E-state index contributed by atoms with van der Waals surface area (Å²) >= 11 is 0. The Morgan fingerprint density at radius 3 is 2.15 bits per heavy atom. The van der Waals surface area contributed by atoms with Crippen LogP contribution in [0.3, 0.4) is 0 Å². The molecule has 2 N–H and O–H groups in total. The summed E-state index contributed by atoms with van der Waals surface area (Å²) in [5, 5.41) is 14.8. The molecule has 1 aromatic carbocycles. The van der Waals surface area contributed by atoms with E-state index in [1.54, 1.807) is 6.07 Å². The molecule has 0 unspecified atom stereocenters. The zero-order valence-electron chi connectivity index (χ0n) is 15.8. The minimum atomic E-state index is -1.82. The van der Waals surface area contributed by atoms with Gasteiger partial charge in [0.05, 0.1) is 0 Å². The second-order valence-electron chi connectivity index (χ2n) is 7.47. The summed E-state index contributed by atoms with van der Waals surface area (Å²) in [5.74, 6) is -2.84. The molecule has 6 nitrogen and oxygen atoms in total. The van der Waals surface area contributed by atoms with Gasteiger partial charge in [0.1, 0.15) is 5.82 Å². The van der Waals surface area contributed by atoms with E-state index in [9.17, 15) is 4.39 Å². The van der Waals surface area contributed by atoms with Gasteiger partial charge >= 0.3 is 11.9 Å². The van der Waals surface area contributed by atoms with Crippen molar-refractivity contribution in [1.29, 1.82) is 0 Å². The van der Waals surface area contributed by atoms with E-state index in [-0.39, 0.29) is 5.82 Å². The fourth-order valence-corrected chi connectivity index (χ4v) is 3.79. The summed E-state index contributed by atoms with van der Waals surface area (Å²) in [5.41, 5.74) is 1.09. The van der Waals surface area contributed by atoms with Gasteiger partial charge < -0.3 is 10.2 Å². The van der Waals surface area contributed by atoms with Crippen LogP contribution in [0, 0.1) is 11.7 Å². The van der Waals surface area contributed by atoms with Crippen molar-refractivity contribution < 1.29 is 24.2 Å². The van der Waals surface area contributed by atoms with Crippen LogP contribution in [0.4, 0.5) is 4.39 Å². The SMILES string of the molecule is CC1CCC(N2CCN(Cc3cccc(F)c3)CC2)CC1.O=C(O)C(=O)O. The number of halogens is 1. The highest BCUT2D eigenvalue weighted by atomic mass is 19.1. The average Bonchev–Trinajstić information content (AvgIpc) is 2.64. The van der Waals surface area contributed by atoms with Crippen LogP contribution in [-0.4, -0.2) is 64.2 Å². The normalized spacial score (nSPS) is 23.9. The zero-order valence-corrected chi connectivity index (χ0v) is 15.8. The van der Waals surface area contributed by atoms with Gasteiger partial charge in [0.15, 0.2) is 0 Å². The third-order valence-corrected chi connectivity index (χ3v) is 5.39. The van der Waals surface area contributed by atoms with E-state index in [1.165, 1.54) is 44.8 Å². The number of nitrogens with zero attached hydrogens (tertiary/aromatic N) is 2. The molecule has 0 radical (unpaired) electrons. The van der Waals surface area contributed by atoms with Crippen LogP contribution in [0.25, 0.3) is 0 Å². The molecular formula is C20H29FN2O4. The molecule has 7 heteroatoms. The molecule has 3 rings (SSSR count). The van der Waals surface area contributed by atoms with Crippen molar-refractivity contribution in [1.82, 2.24) is 9.80 Å². The van der Waals surface area contributed by atoms with E-state index in [1.807, 2.05) is 12.1 Å². The number of hydrogen-bond acceptors (Lipinski definition) is 4. The topological polar surface area (TPSA) is 81.1 Å². The van der Waals surface area contributed by atoms with Gasteiger partial charge in [-0.05, 0) is 49.3 Å². The van der Waals surface area contributed by atoms with Crippen molar-refractivity contribution >= 4 is 11.9 Å². The maximum atomic E-state index is 13.2. The van der Waals surface area contributed by atoms with Gasteiger partial charge in [-0.1, -0.05) is 19.1 Å². The van der Waals surface area contributed by atoms with Crippen molar-refractivity contribution in [3.8, 4) is 0 Å². The van der Waals surface area contributed by atoms with Crippen LogP contribution in [0.2, 0.25) is 0 Å². The quantitative estimate of drug-likeness (QED) is 0.785. The Bertz CT molecular complexity index is 612. The number of piperazine rings is 1. The Kier molecular flexibility index (Phi) is 8.19. The Balaban J connectivity index is 0.000000380. The predicted octanol–water partition coefficient (Wildman–Crippen LogP) is 2.68. The molecule has 0 amide bonds. The molecule has 0 spiro atoms. The van der Waals surface area contributed by atoms with Gasteiger partial charge in [0.2, 0.25) is 0 Å². The maximum absolute atomic E-state index is 13.2. The van der Waals surface area contributed by atoms with Crippen LogP contribution in [-0.2, 0) is 16.1 Å². The molecule has 1 saturated carbocycles. The van der Waals surface area contributed by atoms with Crippen LogP contribution < -0.4 is 0 Å². The Morgan fingerprint density at radius 1 is 1.04 bits per heavy atom. The van der Waals surface area contributed by atoms with Crippen LogP contribution in [0.1, 0.15) is 38.2 Å². The predicted molar refractivity (Wildman–Crippen MR) is 99.9 cm³/mol. The Labute approximate surface area is 159 Å². The third kappa shape index (κ3) is 7.27. The number of benzene rings is 1. The number of rotatable bonds is 3. The summed E-state index contributed by atoms with van der Waals surface area (Å²) in [4.78, 5) is 23.3. The van der Waals surface area contributed by atoms with Crippen molar-refractivity contribution in [2.24, 2.45) is 5.92 Å².